The predicted molar refractivity (Wildman–Crippen MR) is 77.9 cm³/mol. The molecular weight excluding hydrogens is 260 g/mol. The molecule has 1 aromatic carbocycles. The van der Waals surface area contributed by atoms with Crippen molar-refractivity contribution in [1.82, 2.24) is 14.8 Å². The molecule has 0 unspecified atom stereocenters. The van der Waals surface area contributed by atoms with Crippen LogP contribution in [0.15, 0.2) is 18.2 Å². The van der Waals surface area contributed by atoms with Crippen molar-refractivity contribution in [2.75, 3.05) is 0 Å². The smallest absolute Gasteiger partial charge is 0.164 e. The third kappa shape index (κ3) is 2.80. The van der Waals surface area contributed by atoms with Gasteiger partial charge < -0.3 is 10.3 Å². The zero-order valence-electron chi connectivity index (χ0n) is 11.5. The molecule has 2 aromatic rings. The van der Waals surface area contributed by atoms with Crippen LogP contribution < -0.4 is 5.73 Å². The number of aromatic nitrogens is 3. The second-order valence-corrected chi connectivity index (χ2v) is 5.47. The average Bonchev–Trinajstić information content (AvgIpc) is 2.75. The average molecular weight is 279 g/mol. The van der Waals surface area contributed by atoms with E-state index >= 15 is 0 Å². The second-order valence-electron chi connectivity index (χ2n) is 5.06. The van der Waals surface area contributed by atoms with Gasteiger partial charge in [0, 0.05) is 17.1 Å². The summed E-state index contributed by atoms with van der Waals surface area (Å²) in [6.07, 6.45) is 0. The number of rotatable bonds is 4. The Hall–Kier alpha value is -1.39. The van der Waals surface area contributed by atoms with Gasteiger partial charge in [-0.3, -0.25) is 0 Å². The Balaban J connectivity index is 2.55. The third-order valence-electron chi connectivity index (χ3n) is 3.07. The molecule has 0 aliphatic rings. The molecule has 0 spiro atoms. The molecule has 2 N–H and O–H groups in total. The standard InChI is InChI=1S/C14H19ClN4/c1-9(2)8-19-13(7-16)17-18-14(19)11-5-4-6-12(15)10(11)3/h4-6,9H,7-8,16H2,1-3H3. The highest BCUT2D eigenvalue weighted by Gasteiger charge is 2.16. The maximum absolute atomic E-state index is 6.18. The summed E-state index contributed by atoms with van der Waals surface area (Å²) in [5.41, 5.74) is 7.77. The molecule has 4 nitrogen and oxygen atoms in total. The van der Waals surface area contributed by atoms with Gasteiger partial charge in [0.05, 0.1) is 6.54 Å². The minimum atomic E-state index is 0.388. The van der Waals surface area contributed by atoms with Crippen molar-refractivity contribution in [1.29, 1.82) is 0 Å². The largest absolute Gasteiger partial charge is 0.324 e. The Morgan fingerprint density at radius 3 is 2.68 bits per heavy atom. The summed E-state index contributed by atoms with van der Waals surface area (Å²) in [5.74, 6) is 2.15. The minimum Gasteiger partial charge on any atom is -0.324 e. The Bertz CT molecular complexity index is 575. The van der Waals surface area contributed by atoms with Gasteiger partial charge in [0.2, 0.25) is 0 Å². The van der Waals surface area contributed by atoms with E-state index in [-0.39, 0.29) is 0 Å². The fourth-order valence-corrected chi connectivity index (χ4v) is 2.27. The first-order valence-electron chi connectivity index (χ1n) is 6.42. The number of hydrogen-bond donors (Lipinski definition) is 1. The highest BCUT2D eigenvalue weighted by molar-refractivity contribution is 6.31. The normalized spacial score (nSPS) is 11.3. The lowest BCUT2D eigenvalue weighted by Gasteiger charge is -2.13. The van der Waals surface area contributed by atoms with E-state index in [1.54, 1.807) is 0 Å². The molecular formula is C14H19ClN4. The van der Waals surface area contributed by atoms with Gasteiger partial charge in [0.1, 0.15) is 5.82 Å². The first-order valence-corrected chi connectivity index (χ1v) is 6.80. The van der Waals surface area contributed by atoms with E-state index < -0.39 is 0 Å². The molecule has 2 rings (SSSR count). The summed E-state index contributed by atoms with van der Waals surface area (Å²) in [7, 11) is 0. The van der Waals surface area contributed by atoms with Crippen molar-refractivity contribution < 1.29 is 0 Å². The van der Waals surface area contributed by atoms with E-state index in [9.17, 15) is 0 Å². The fraction of sp³-hybridized carbons (Fsp3) is 0.429. The van der Waals surface area contributed by atoms with Crippen LogP contribution in [-0.4, -0.2) is 14.8 Å². The van der Waals surface area contributed by atoms with Gasteiger partial charge in [-0.05, 0) is 24.5 Å². The molecule has 0 aliphatic heterocycles. The number of halogens is 1. The van der Waals surface area contributed by atoms with Crippen molar-refractivity contribution in [3.63, 3.8) is 0 Å². The van der Waals surface area contributed by atoms with Crippen LogP contribution in [0.5, 0.6) is 0 Å². The molecule has 0 fully saturated rings. The van der Waals surface area contributed by atoms with Crippen LogP contribution in [0.4, 0.5) is 0 Å². The Kier molecular flexibility index (Phi) is 4.22. The van der Waals surface area contributed by atoms with E-state index in [2.05, 4.69) is 28.6 Å². The third-order valence-corrected chi connectivity index (χ3v) is 3.48. The van der Waals surface area contributed by atoms with Crippen molar-refractivity contribution in [3.8, 4) is 11.4 Å². The van der Waals surface area contributed by atoms with Gasteiger partial charge in [-0.25, -0.2) is 0 Å². The fourth-order valence-electron chi connectivity index (χ4n) is 2.09. The number of benzene rings is 1. The van der Waals surface area contributed by atoms with Crippen LogP contribution in [0.25, 0.3) is 11.4 Å². The first kappa shape index (κ1) is 14.0. The Morgan fingerprint density at radius 1 is 1.32 bits per heavy atom. The Labute approximate surface area is 118 Å². The molecule has 0 atom stereocenters. The molecule has 0 bridgehead atoms. The maximum Gasteiger partial charge on any atom is 0.164 e. The predicted octanol–water partition coefficient (Wildman–Crippen LogP) is 3.02. The SMILES string of the molecule is Cc1c(Cl)cccc1-c1nnc(CN)n1CC(C)C. The monoisotopic (exact) mass is 278 g/mol. The van der Waals surface area contributed by atoms with E-state index in [1.165, 1.54) is 0 Å². The maximum atomic E-state index is 6.18. The van der Waals surface area contributed by atoms with Gasteiger partial charge in [-0.15, -0.1) is 10.2 Å². The van der Waals surface area contributed by atoms with Crippen molar-refractivity contribution in [2.24, 2.45) is 11.7 Å². The molecule has 0 amide bonds. The van der Waals surface area contributed by atoms with E-state index in [0.717, 1.165) is 34.3 Å². The van der Waals surface area contributed by atoms with Crippen LogP contribution in [0, 0.1) is 12.8 Å². The molecule has 19 heavy (non-hydrogen) atoms. The van der Waals surface area contributed by atoms with Crippen LogP contribution in [0.3, 0.4) is 0 Å². The Morgan fingerprint density at radius 2 is 2.05 bits per heavy atom. The summed E-state index contributed by atoms with van der Waals surface area (Å²) >= 11 is 6.18. The van der Waals surface area contributed by atoms with Crippen molar-refractivity contribution >= 4 is 11.6 Å². The zero-order chi connectivity index (χ0) is 14.0. The van der Waals surface area contributed by atoms with E-state index in [1.807, 2.05) is 25.1 Å². The first-order chi connectivity index (χ1) is 9.04. The van der Waals surface area contributed by atoms with Crippen molar-refractivity contribution in [3.05, 3.63) is 34.6 Å². The van der Waals surface area contributed by atoms with E-state index in [4.69, 9.17) is 17.3 Å². The van der Waals surface area contributed by atoms with Crippen molar-refractivity contribution in [2.45, 2.75) is 33.9 Å². The quantitative estimate of drug-likeness (QED) is 0.935. The molecule has 0 saturated carbocycles. The summed E-state index contributed by atoms with van der Waals surface area (Å²) in [5, 5.41) is 9.21. The molecule has 1 aromatic heterocycles. The molecule has 0 saturated heterocycles. The van der Waals surface area contributed by atoms with Crippen LogP contribution in [0.2, 0.25) is 5.02 Å². The number of nitrogens with zero attached hydrogens (tertiary/aromatic N) is 3. The van der Waals surface area contributed by atoms with Crippen LogP contribution in [-0.2, 0) is 13.1 Å². The summed E-state index contributed by atoms with van der Waals surface area (Å²) in [6.45, 7) is 7.55. The van der Waals surface area contributed by atoms with Gasteiger partial charge in [-0.2, -0.15) is 0 Å². The summed E-state index contributed by atoms with van der Waals surface area (Å²) in [6, 6.07) is 5.83. The molecule has 1 heterocycles. The van der Waals surface area contributed by atoms with Gasteiger partial charge in [0.25, 0.3) is 0 Å². The lowest BCUT2D eigenvalue weighted by molar-refractivity contribution is 0.510. The zero-order valence-corrected chi connectivity index (χ0v) is 12.3. The molecule has 0 aliphatic carbocycles. The molecule has 5 heteroatoms. The highest BCUT2D eigenvalue weighted by Crippen LogP contribution is 2.28. The van der Waals surface area contributed by atoms with Gasteiger partial charge >= 0.3 is 0 Å². The molecule has 0 radical (unpaired) electrons. The topological polar surface area (TPSA) is 56.7 Å². The summed E-state index contributed by atoms with van der Waals surface area (Å²) in [4.78, 5) is 0. The van der Waals surface area contributed by atoms with Crippen LogP contribution in [0.1, 0.15) is 25.2 Å². The number of hydrogen-bond acceptors (Lipinski definition) is 3. The lowest BCUT2D eigenvalue weighted by Crippen LogP contribution is -2.13. The number of nitrogens with two attached hydrogens (primary N) is 1. The van der Waals surface area contributed by atoms with Gasteiger partial charge in [0.15, 0.2) is 5.82 Å². The van der Waals surface area contributed by atoms with Crippen LogP contribution >= 0.6 is 11.6 Å². The highest BCUT2D eigenvalue weighted by atomic mass is 35.5. The summed E-state index contributed by atoms with van der Waals surface area (Å²) < 4.78 is 2.09. The van der Waals surface area contributed by atoms with E-state index in [0.29, 0.717) is 12.5 Å². The minimum absolute atomic E-state index is 0.388. The molecule has 102 valence electrons. The lowest BCUT2D eigenvalue weighted by atomic mass is 10.1. The van der Waals surface area contributed by atoms with Gasteiger partial charge in [-0.1, -0.05) is 37.6 Å². The second kappa shape index (κ2) is 5.72.